The van der Waals surface area contributed by atoms with E-state index in [0.29, 0.717) is 10.9 Å². The van der Waals surface area contributed by atoms with Crippen LogP contribution in [0.4, 0.5) is 0 Å². The van der Waals surface area contributed by atoms with Gasteiger partial charge in [-0.1, -0.05) is 17.7 Å². The number of piperidine rings is 1. The van der Waals surface area contributed by atoms with Crippen LogP contribution in [-0.2, 0) is 0 Å². The molecule has 1 heterocycles. The molecule has 1 aromatic carbocycles. The number of benzene rings is 1. The Morgan fingerprint density at radius 3 is 2.71 bits per heavy atom. The lowest BCUT2D eigenvalue weighted by Gasteiger charge is -2.28. The molecule has 0 aromatic heterocycles. The summed E-state index contributed by atoms with van der Waals surface area (Å²) in [4.78, 5) is 0. The van der Waals surface area contributed by atoms with Gasteiger partial charge in [0.1, 0.15) is 5.75 Å². The third-order valence-electron chi connectivity index (χ3n) is 3.36. The lowest BCUT2D eigenvalue weighted by Crippen LogP contribution is -2.30. The summed E-state index contributed by atoms with van der Waals surface area (Å²) in [5, 5.41) is 14.2. The minimum Gasteiger partial charge on any atom is -0.497 e. The Morgan fingerprint density at radius 1 is 1.41 bits per heavy atom. The molecule has 1 unspecified atom stereocenters. The highest BCUT2D eigenvalue weighted by Gasteiger charge is 2.24. The second kappa shape index (κ2) is 5.71. The molecule has 2 N–H and O–H groups in total. The van der Waals surface area contributed by atoms with Crippen molar-refractivity contribution < 1.29 is 9.84 Å². The summed E-state index contributed by atoms with van der Waals surface area (Å²) >= 11 is 6.17. The third kappa shape index (κ3) is 2.92. The van der Waals surface area contributed by atoms with Crippen molar-refractivity contribution in [3.05, 3.63) is 28.8 Å². The maximum Gasteiger partial charge on any atom is 0.120 e. The normalized spacial score (nSPS) is 19.0. The molecular weight excluding hydrogens is 238 g/mol. The van der Waals surface area contributed by atoms with E-state index in [1.54, 1.807) is 13.2 Å². The fourth-order valence-electron chi connectivity index (χ4n) is 2.29. The van der Waals surface area contributed by atoms with Crippen LogP contribution in [0.15, 0.2) is 18.2 Å². The van der Waals surface area contributed by atoms with Crippen LogP contribution in [-0.4, -0.2) is 25.3 Å². The van der Waals surface area contributed by atoms with E-state index >= 15 is 0 Å². The molecule has 0 saturated carbocycles. The molecule has 17 heavy (non-hydrogen) atoms. The highest BCUT2D eigenvalue weighted by Crippen LogP contribution is 2.34. The number of aliphatic hydroxyl groups is 1. The number of hydrogen-bond donors (Lipinski definition) is 2. The Hall–Kier alpha value is -0.770. The molecule has 0 aliphatic carbocycles. The van der Waals surface area contributed by atoms with Gasteiger partial charge in [0.15, 0.2) is 0 Å². The van der Waals surface area contributed by atoms with Crippen molar-refractivity contribution in [3.8, 4) is 5.75 Å². The second-order valence-electron chi connectivity index (χ2n) is 4.42. The van der Waals surface area contributed by atoms with Gasteiger partial charge in [0.2, 0.25) is 0 Å². The molecule has 0 radical (unpaired) electrons. The average Bonchev–Trinajstić information content (AvgIpc) is 2.39. The molecule has 1 atom stereocenters. The van der Waals surface area contributed by atoms with Gasteiger partial charge in [0.25, 0.3) is 0 Å². The summed E-state index contributed by atoms with van der Waals surface area (Å²) in [6, 6.07) is 5.45. The van der Waals surface area contributed by atoms with E-state index in [1.165, 1.54) is 0 Å². The van der Waals surface area contributed by atoms with Gasteiger partial charge < -0.3 is 15.2 Å². The van der Waals surface area contributed by atoms with Gasteiger partial charge in [0, 0.05) is 0 Å². The van der Waals surface area contributed by atoms with Crippen LogP contribution in [0.5, 0.6) is 5.75 Å². The van der Waals surface area contributed by atoms with Gasteiger partial charge in [-0.05, 0) is 49.5 Å². The Balaban J connectivity index is 2.15. The van der Waals surface area contributed by atoms with E-state index in [2.05, 4.69) is 5.32 Å². The predicted octanol–water partition coefficient (Wildman–Crippen LogP) is 2.38. The van der Waals surface area contributed by atoms with Gasteiger partial charge in [-0.3, -0.25) is 0 Å². The lowest BCUT2D eigenvalue weighted by atomic mass is 9.88. The van der Waals surface area contributed by atoms with Crippen molar-refractivity contribution in [2.24, 2.45) is 5.92 Å². The van der Waals surface area contributed by atoms with Gasteiger partial charge in [-0.2, -0.15) is 0 Å². The highest BCUT2D eigenvalue weighted by molar-refractivity contribution is 6.31. The number of ether oxygens (including phenoxy) is 1. The van der Waals surface area contributed by atoms with E-state index in [9.17, 15) is 5.11 Å². The molecule has 1 fully saturated rings. The van der Waals surface area contributed by atoms with Crippen LogP contribution >= 0.6 is 11.6 Å². The summed E-state index contributed by atoms with van der Waals surface area (Å²) in [6.07, 6.45) is 1.50. The topological polar surface area (TPSA) is 41.5 Å². The lowest BCUT2D eigenvalue weighted by molar-refractivity contribution is 0.0890. The quantitative estimate of drug-likeness (QED) is 0.872. The molecule has 0 amide bonds. The van der Waals surface area contributed by atoms with E-state index in [1.807, 2.05) is 12.1 Å². The van der Waals surface area contributed by atoms with Crippen LogP contribution in [0.3, 0.4) is 0 Å². The summed E-state index contributed by atoms with van der Waals surface area (Å²) in [5.41, 5.74) is 0.805. The van der Waals surface area contributed by atoms with Crippen molar-refractivity contribution in [1.82, 2.24) is 5.32 Å². The molecule has 1 aromatic rings. The molecule has 0 bridgehead atoms. The first-order chi connectivity index (χ1) is 8.22. The maximum atomic E-state index is 10.3. The number of rotatable bonds is 3. The van der Waals surface area contributed by atoms with Crippen LogP contribution in [0.2, 0.25) is 5.02 Å². The largest absolute Gasteiger partial charge is 0.497 e. The first-order valence-electron chi connectivity index (χ1n) is 5.94. The van der Waals surface area contributed by atoms with Crippen molar-refractivity contribution >= 4 is 11.6 Å². The SMILES string of the molecule is COc1ccc(C(O)C2CCNCC2)c(Cl)c1. The van der Waals surface area contributed by atoms with E-state index < -0.39 is 6.10 Å². The molecule has 1 aliphatic rings. The second-order valence-corrected chi connectivity index (χ2v) is 4.83. The minimum atomic E-state index is -0.476. The van der Waals surface area contributed by atoms with Gasteiger partial charge >= 0.3 is 0 Å². The summed E-state index contributed by atoms with van der Waals surface area (Å²) in [6.45, 7) is 1.94. The number of halogens is 1. The summed E-state index contributed by atoms with van der Waals surface area (Å²) < 4.78 is 5.10. The monoisotopic (exact) mass is 255 g/mol. The maximum absolute atomic E-state index is 10.3. The number of nitrogens with one attached hydrogen (secondary N) is 1. The zero-order chi connectivity index (χ0) is 12.3. The van der Waals surface area contributed by atoms with Crippen LogP contribution in [0, 0.1) is 5.92 Å². The van der Waals surface area contributed by atoms with E-state index in [4.69, 9.17) is 16.3 Å². The first kappa shape index (κ1) is 12.7. The van der Waals surface area contributed by atoms with Crippen LogP contribution in [0.25, 0.3) is 0 Å². The highest BCUT2D eigenvalue weighted by atomic mass is 35.5. The molecule has 0 spiro atoms. The van der Waals surface area contributed by atoms with Gasteiger partial charge in [-0.15, -0.1) is 0 Å². The molecule has 3 nitrogen and oxygen atoms in total. The number of methoxy groups -OCH3 is 1. The van der Waals surface area contributed by atoms with Gasteiger partial charge in [-0.25, -0.2) is 0 Å². The first-order valence-corrected chi connectivity index (χ1v) is 6.32. The van der Waals surface area contributed by atoms with Crippen LogP contribution < -0.4 is 10.1 Å². The molecule has 1 aliphatic heterocycles. The Kier molecular flexibility index (Phi) is 4.26. The zero-order valence-corrected chi connectivity index (χ0v) is 10.7. The Bertz CT molecular complexity index is 378. The fourth-order valence-corrected chi connectivity index (χ4v) is 2.57. The van der Waals surface area contributed by atoms with Gasteiger partial charge in [0.05, 0.1) is 18.2 Å². The zero-order valence-electron chi connectivity index (χ0n) is 9.95. The number of hydrogen-bond acceptors (Lipinski definition) is 3. The van der Waals surface area contributed by atoms with E-state index in [-0.39, 0.29) is 0 Å². The van der Waals surface area contributed by atoms with E-state index in [0.717, 1.165) is 37.2 Å². The predicted molar refractivity (Wildman–Crippen MR) is 68.6 cm³/mol. The summed E-state index contributed by atoms with van der Waals surface area (Å²) in [7, 11) is 1.61. The fraction of sp³-hybridized carbons (Fsp3) is 0.538. The average molecular weight is 256 g/mol. The molecule has 94 valence electrons. The number of aliphatic hydroxyl groups excluding tert-OH is 1. The molecule has 2 rings (SSSR count). The third-order valence-corrected chi connectivity index (χ3v) is 3.68. The minimum absolute atomic E-state index is 0.294. The van der Waals surface area contributed by atoms with Crippen molar-refractivity contribution in [3.63, 3.8) is 0 Å². The molecule has 1 saturated heterocycles. The van der Waals surface area contributed by atoms with Crippen molar-refractivity contribution in [2.45, 2.75) is 18.9 Å². The Morgan fingerprint density at radius 2 is 2.12 bits per heavy atom. The standard InChI is InChI=1S/C13H18ClNO2/c1-17-10-2-3-11(12(14)8-10)13(16)9-4-6-15-7-5-9/h2-3,8-9,13,15-16H,4-7H2,1H3. The molecular formula is C13H18ClNO2. The van der Waals surface area contributed by atoms with Crippen LogP contribution in [0.1, 0.15) is 24.5 Å². The van der Waals surface area contributed by atoms with Crippen molar-refractivity contribution in [1.29, 1.82) is 0 Å². The van der Waals surface area contributed by atoms with Crippen molar-refractivity contribution in [2.75, 3.05) is 20.2 Å². The smallest absolute Gasteiger partial charge is 0.120 e. The Labute approximate surface area is 107 Å². The summed E-state index contributed by atoms with van der Waals surface area (Å²) in [5.74, 6) is 1.01. The molecule has 4 heteroatoms.